The summed E-state index contributed by atoms with van der Waals surface area (Å²) in [5.74, 6) is -0.433. The maximum atomic E-state index is 11.2. The zero-order chi connectivity index (χ0) is 13.6. The minimum Gasteiger partial charge on any atom is -0.408 e. The molecule has 3 nitrogen and oxygen atoms in total. The van der Waals surface area contributed by atoms with Crippen molar-refractivity contribution in [3.05, 3.63) is 53.5 Å². The summed E-state index contributed by atoms with van der Waals surface area (Å²) >= 11 is 12.3. The molecule has 1 unspecified atom stereocenters. The summed E-state index contributed by atoms with van der Waals surface area (Å²) in [6.45, 7) is 0. The third-order valence-electron chi connectivity index (χ3n) is 2.69. The van der Waals surface area contributed by atoms with Gasteiger partial charge >= 0.3 is 5.76 Å². The SMILES string of the molecule is O=c1[nH]c2ccc(C(Br)c3cc(Br)sc3Br)cc2o1. The Morgan fingerprint density at radius 2 is 2.05 bits per heavy atom. The maximum Gasteiger partial charge on any atom is 0.417 e. The Balaban J connectivity index is 2.08. The second-order valence-electron chi connectivity index (χ2n) is 3.91. The Morgan fingerprint density at radius 3 is 2.74 bits per heavy atom. The molecule has 0 amide bonds. The van der Waals surface area contributed by atoms with Gasteiger partial charge in [0.15, 0.2) is 5.58 Å². The summed E-state index contributed by atoms with van der Waals surface area (Å²) in [6.07, 6.45) is 0. The Labute approximate surface area is 137 Å². The van der Waals surface area contributed by atoms with Crippen LogP contribution >= 0.6 is 59.1 Å². The molecule has 0 saturated carbocycles. The molecule has 1 N–H and O–H groups in total. The van der Waals surface area contributed by atoms with Crippen molar-refractivity contribution < 1.29 is 4.42 Å². The number of hydrogen-bond donors (Lipinski definition) is 1. The Kier molecular flexibility index (Phi) is 3.72. The molecule has 0 aliphatic carbocycles. The second-order valence-corrected chi connectivity index (χ2v) is 8.58. The van der Waals surface area contributed by atoms with Crippen LogP contribution in [0.25, 0.3) is 11.1 Å². The van der Waals surface area contributed by atoms with Crippen LogP contribution in [0.3, 0.4) is 0 Å². The van der Waals surface area contributed by atoms with Crippen molar-refractivity contribution in [3.8, 4) is 0 Å². The van der Waals surface area contributed by atoms with Gasteiger partial charge in [0.1, 0.15) is 0 Å². The molecule has 2 heterocycles. The minimum absolute atomic E-state index is 0.0361. The van der Waals surface area contributed by atoms with E-state index >= 15 is 0 Å². The molecular formula is C12H6Br3NO2S. The number of oxazole rings is 1. The number of rotatable bonds is 2. The zero-order valence-electron chi connectivity index (χ0n) is 9.25. The van der Waals surface area contributed by atoms with Crippen LogP contribution in [0, 0.1) is 0 Å². The van der Waals surface area contributed by atoms with E-state index in [1.54, 1.807) is 11.3 Å². The fraction of sp³-hybridized carbons (Fsp3) is 0.0833. The van der Waals surface area contributed by atoms with Crippen LogP contribution in [0.2, 0.25) is 0 Å². The van der Waals surface area contributed by atoms with E-state index < -0.39 is 5.76 Å². The molecule has 1 aromatic carbocycles. The smallest absolute Gasteiger partial charge is 0.408 e. The van der Waals surface area contributed by atoms with E-state index in [1.165, 1.54) is 0 Å². The first-order chi connectivity index (χ1) is 9.04. The highest BCUT2D eigenvalue weighted by Crippen LogP contribution is 2.42. The predicted molar refractivity (Wildman–Crippen MR) is 87.3 cm³/mol. The number of benzene rings is 1. The first-order valence-corrected chi connectivity index (χ1v) is 8.58. The third kappa shape index (κ3) is 2.61. The zero-order valence-corrected chi connectivity index (χ0v) is 14.8. The summed E-state index contributed by atoms with van der Waals surface area (Å²) in [6, 6.07) is 7.74. The summed E-state index contributed by atoms with van der Waals surface area (Å²) in [4.78, 5) is 13.8. The average Bonchev–Trinajstić information content (AvgIpc) is 2.88. The van der Waals surface area contributed by atoms with Crippen molar-refractivity contribution in [3.63, 3.8) is 0 Å². The number of halogens is 3. The molecule has 0 bridgehead atoms. The largest absolute Gasteiger partial charge is 0.417 e. The molecule has 0 radical (unpaired) electrons. The topological polar surface area (TPSA) is 46.0 Å². The summed E-state index contributed by atoms with van der Waals surface area (Å²) < 4.78 is 7.21. The molecule has 2 aromatic heterocycles. The molecule has 0 fully saturated rings. The minimum atomic E-state index is -0.433. The lowest BCUT2D eigenvalue weighted by Gasteiger charge is -2.09. The van der Waals surface area contributed by atoms with E-state index in [0.29, 0.717) is 11.1 Å². The number of aromatic amines is 1. The molecule has 0 saturated heterocycles. The van der Waals surface area contributed by atoms with Crippen LogP contribution in [-0.4, -0.2) is 4.98 Å². The van der Waals surface area contributed by atoms with Crippen molar-refractivity contribution in [2.75, 3.05) is 0 Å². The molecule has 3 rings (SSSR count). The highest BCUT2D eigenvalue weighted by Gasteiger charge is 2.17. The van der Waals surface area contributed by atoms with Gasteiger partial charge in [-0.15, -0.1) is 11.3 Å². The summed E-state index contributed by atoms with van der Waals surface area (Å²) in [5.41, 5.74) is 3.44. The third-order valence-corrected chi connectivity index (χ3v) is 6.10. The molecule has 0 aliphatic rings. The van der Waals surface area contributed by atoms with Gasteiger partial charge in [-0.2, -0.15) is 0 Å². The molecular weight excluding hydrogens is 462 g/mol. The number of thiophene rings is 1. The lowest BCUT2D eigenvalue weighted by atomic mass is 10.1. The number of hydrogen-bond acceptors (Lipinski definition) is 3. The van der Waals surface area contributed by atoms with Crippen molar-refractivity contribution in [1.29, 1.82) is 0 Å². The fourth-order valence-electron chi connectivity index (χ4n) is 1.82. The van der Waals surface area contributed by atoms with Crippen LogP contribution < -0.4 is 5.76 Å². The number of alkyl halides is 1. The van der Waals surface area contributed by atoms with Crippen molar-refractivity contribution in [1.82, 2.24) is 4.98 Å². The van der Waals surface area contributed by atoms with E-state index in [2.05, 4.69) is 58.8 Å². The van der Waals surface area contributed by atoms with Crippen LogP contribution in [0.1, 0.15) is 16.0 Å². The van der Waals surface area contributed by atoms with E-state index in [-0.39, 0.29) is 4.83 Å². The molecule has 98 valence electrons. The maximum absolute atomic E-state index is 11.2. The van der Waals surface area contributed by atoms with E-state index in [0.717, 1.165) is 18.7 Å². The molecule has 19 heavy (non-hydrogen) atoms. The number of aromatic nitrogens is 1. The monoisotopic (exact) mass is 465 g/mol. The quantitative estimate of drug-likeness (QED) is 0.527. The van der Waals surface area contributed by atoms with E-state index in [9.17, 15) is 4.79 Å². The lowest BCUT2D eigenvalue weighted by molar-refractivity contribution is 0.555. The van der Waals surface area contributed by atoms with E-state index in [1.807, 2.05) is 18.2 Å². The summed E-state index contributed by atoms with van der Waals surface area (Å²) in [5, 5.41) is 0. The van der Waals surface area contributed by atoms with Crippen LogP contribution in [-0.2, 0) is 0 Å². The Bertz CT molecular complexity index is 805. The van der Waals surface area contributed by atoms with Gasteiger partial charge in [-0.25, -0.2) is 4.79 Å². The van der Waals surface area contributed by atoms with Gasteiger partial charge in [0.2, 0.25) is 0 Å². The highest BCUT2D eigenvalue weighted by atomic mass is 79.9. The van der Waals surface area contributed by atoms with Gasteiger partial charge in [0.05, 0.1) is 17.9 Å². The number of nitrogens with one attached hydrogen (secondary N) is 1. The van der Waals surface area contributed by atoms with Crippen LogP contribution in [0.15, 0.2) is 41.0 Å². The van der Waals surface area contributed by atoms with Gasteiger partial charge < -0.3 is 4.42 Å². The molecule has 3 aromatic rings. The molecule has 7 heteroatoms. The number of fused-ring (bicyclic) bond motifs is 1. The Hall–Kier alpha value is -0.370. The van der Waals surface area contributed by atoms with Crippen molar-refractivity contribution >= 4 is 70.2 Å². The van der Waals surface area contributed by atoms with Gasteiger partial charge in [-0.3, -0.25) is 4.98 Å². The summed E-state index contributed by atoms with van der Waals surface area (Å²) in [7, 11) is 0. The van der Waals surface area contributed by atoms with Crippen molar-refractivity contribution in [2.45, 2.75) is 4.83 Å². The molecule has 0 spiro atoms. The van der Waals surface area contributed by atoms with Gasteiger partial charge in [0, 0.05) is 0 Å². The first kappa shape index (κ1) is 13.6. The second kappa shape index (κ2) is 5.20. The van der Waals surface area contributed by atoms with Crippen LogP contribution in [0.4, 0.5) is 0 Å². The lowest BCUT2D eigenvalue weighted by Crippen LogP contribution is -1.92. The predicted octanol–water partition coefficient (Wildman–Crippen LogP) is 5.19. The molecule has 0 aliphatic heterocycles. The first-order valence-electron chi connectivity index (χ1n) is 5.26. The van der Waals surface area contributed by atoms with Gasteiger partial charge in [-0.1, -0.05) is 22.0 Å². The van der Waals surface area contributed by atoms with Gasteiger partial charge in [0.25, 0.3) is 0 Å². The average molecular weight is 468 g/mol. The van der Waals surface area contributed by atoms with Crippen LogP contribution in [0.5, 0.6) is 0 Å². The molecule has 1 atom stereocenters. The number of H-pyrrole nitrogens is 1. The Morgan fingerprint density at radius 1 is 1.26 bits per heavy atom. The highest BCUT2D eigenvalue weighted by molar-refractivity contribution is 9.12. The van der Waals surface area contributed by atoms with E-state index in [4.69, 9.17) is 4.42 Å². The normalized spacial score (nSPS) is 13.0. The standard InChI is InChI=1S/C12H6Br3NO2S/c13-9-4-6(11(15)19-9)10(14)5-1-2-7-8(3-5)18-12(17)16-7/h1-4,10H,(H,16,17). The van der Waals surface area contributed by atoms with Crippen molar-refractivity contribution in [2.24, 2.45) is 0 Å². The van der Waals surface area contributed by atoms with Gasteiger partial charge in [-0.05, 0) is 61.2 Å². The fourth-order valence-corrected chi connectivity index (χ4v) is 5.83.